The minimum Gasteiger partial charge on any atom is -0.352 e. The number of amides is 2. The SMILES string of the molecule is C[C@H]1CC(=O)N(CC(=O)NC2CCCCC2)c2cc(S(=O)(=O)N3CCCCC3)ccc2S1. The van der Waals surface area contributed by atoms with Gasteiger partial charge in [0.1, 0.15) is 6.54 Å². The molecule has 2 amide bonds. The van der Waals surface area contributed by atoms with Gasteiger partial charge in [0.05, 0.1) is 10.6 Å². The third-order valence-electron chi connectivity index (χ3n) is 6.54. The van der Waals surface area contributed by atoms with E-state index in [2.05, 4.69) is 5.32 Å². The smallest absolute Gasteiger partial charge is 0.243 e. The molecule has 1 aliphatic carbocycles. The van der Waals surface area contributed by atoms with Crippen molar-refractivity contribution in [3.05, 3.63) is 18.2 Å². The fraction of sp³-hybridized carbons (Fsp3) is 0.652. The third-order valence-corrected chi connectivity index (χ3v) is 9.60. The van der Waals surface area contributed by atoms with Crippen molar-refractivity contribution >= 4 is 39.3 Å². The van der Waals surface area contributed by atoms with Crippen LogP contribution in [0.2, 0.25) is 0 Å². The van der Waals surface area contributed by atoms with Gasteiger partial charge < -0.3 is 10.2 Å². The zero-order valence-electron chi connectivity index (χ0n) is 18.7. The van der Waals surface area contributed by atoms with Crippen molar-refractivity contribution < 1.29 is 18.0 Å². The number of benzene rings is 1. The van der Waals surface area contributed by atoms with E-state index < -0.39 is 10.0 Å². The molecular weight excluding hydrogens is 446 g/mol. The predicted molar refractivity (Wildman–Crippen MR) is 126 cm³/mol. The molecular formula is C23H33N3O4S2. The fourth-order valence-electron chi connectivity index (χ4n) is 4.81. The Morgan fingerprint density at radius 2 is 1.78 bits per heavy atom. The normalized spacial score (nSPS) is 23.5. The van der Waals surface area contributed by atoms with Gasteiger partial charge in [0.2, 0.25) is 21.8 Å². The van der Waals surface area contributed by atoms with Gasteiger partial charge in [-0.3, -0.25) is 9.59 Å². The van der Waals surface area contributed by atoms with Crippen LogP contribution in [-0.2, 0) is 19.6 Å². The van der Waals surface area contributed by atoms with Crippen LogP contribution < -0.4 is 10.2 Å². The number of piperidine rings is 1. The summed E-state index contributed by atoms with van der Waals surface area (Å²) < 4.78 is 28.0. The van der Waals surface area contributed by atoms with E-state index in [-0.39, 0.29) is 34.5 Å². The number of carbonyl (C=O) groups is 2. The summed E-state index contributed by atoms with van der Waals surface area (Å²) >= 11 is 1.56. The third kappa shape index (κ3) is 5.31. The Labute approximate surface area is 195 Å². The van der Waals surface area contributed by atoms with Crippen molar-refractivity contribution in [2.45, 2.75) is 85.8 Å². The summed E-state index contributed by atoms with van der Waals surface area (Å²) in [5.41, 5.74) is 0.529. The van der Waals surface area contributed by atoms with Gasteiger partial charge in [-0.25, -0.2) is 8.42 Å². The summed E-state index contributed by atoms with van der Waals surface area (Å²) in [4.78, 5) is 28.4. The summed E-state index contributed by atoms with van der Waals surface area (Å²) in [5.74, 6) is -0.324. The number of hydrogen-bond donors (Lipinski definition) is 1. The largest absolute Gasteiger partial charge is 0.352 e. The summed E-state index contributed by atoms with van der Waals surface area (Å²) in [6.45, 7) is 2.95. The maximum Gasteiger partial charge on any atom is 0.243 e. The molecule has 0 radical (unpaired) electrons. The molecule has 1 aromatic rings. The maximum atomic E-state index is 13.2. The molecule has 1 N–H and O–H groups in total. The molecule has 4 rings (SSSR count). The van der Waals surface area contributed by atoms with E-state index in [9.17, 15) is 18.0 Å². The topological polar surface area (TPSA) is 86.8 Å². The van der Waals surface area contributed by atoms with Crippen molar-refractivity contribution in [2.24, 2.45) is 0 Å². The Morgan fingerprint density at radius 1 is 1.09 bits per heavy atom. The van der Waals surface area contributed by atoms with Crippen molar-refractivity contribution in [1.29, 1.82) is 0 Å². The quantitative estimate of drug-likeness (QED) is 0.698. The first kappa shape index (κ1) is 23.6. The number of fused-ring (bicyclic) bond motifs is 1. The lowest BCUT2D eigenvalue weighted by atomic mass is 9.95. The molecule has 1 aromatic carbocycles. The highest BCUT2D eigenvalue weighted by atomic mass is 32.2. The molecule has 1 saturated carbocycles. The van der Waals surface area contributed by atoms with Crippen LogP contribution in [0.3, 0.4) is 0 Å². The number of nitrogens with one attached hydrogen (secondary N) is 1. The Balaban J connectivity index is 1.60. The second-order valence-electron chi connectivity index (χ2n) is 9.11. The van der Waals surface area contributed by atoms with Crippen molar-refractivity contribution in [1.82, 2.24) is 9.62 Å². The highest BCUT2D eigenvalue weighted by Crippen LogP contribution is 2.39. The van der Waals surface area contributed by atoms with Gasteiger partial charge >= 0.3 is 0 Å². The number of anilines is 1. The number of hydrogen-bond acceptors (Lipinski definition) is 5. The number of carbonyl (C=O) groups excluding carboxylic acids is 2. The molecule has 0 bridgehead atoms. The van der Waals surface area contributed by atoms with E-state index in [4.69, 9.17) is 0 Å². The molecule has 2 aliphatic heterocycles. The van der Waals surface area contributed by atoms with Crippen molar-refractivity contribution in [3.8, 4) is 0 Å². The van der Waals surface area contributed by atoms with Gasteiger partial charge in [-0.05, 0) is 43.9 Å². The van der Waals surface area contributed by atoms with Gasteiger partial charge in [0.25, 0.3) is 0 Å². The van der Waals surface area contributed by atoms with E-state index >= 15 is 0 Å². The highest BCUT2D eigenvalue weighted by Gasteiger charge is 2.32. The molecule has 1 atom stereocenters. The second-order valence-corrected chi connectivity index (χ2v) is 12.5. The first-order valence-corrected chi connectivity index (χ1v) is 14.1. The highest BCUT2D eigenvalue weighted by molar-refractivity contribution is 8.00. The standard InChI is InChI=1S/C23H33N3O4S2/c1-17-14-23(28)26(16-22(27)24-18-8-4-2-5-9-18)20-15-19(10-11-21(20)31-17)32(29,30)25-12-6-3-7-13-25/h10-11,15,17-18H,2-9,12-14,16H2,1H3,(H,24,27)/t17-/m0/s1. The zero-order chi connectivity index (χ0) is 22.7. The van der Waals surface area contributed by atoms with Crippen LogP contribution in [0.25, 0.3) is 0 Å². The average Bonchev–Trinajstić information content (AvgIpc) is 2.90. The van der Waals surface area contributed by atoms with Crippen LogP contribution >= 0.6 is 11.8 Å². The van der Waals surface area contributed by atoms with Crippen LogP contribution in [0.15, 0.2) is 28.0 Å². The number of thioether (sulfide) groups is 1. The molecule has 2 fully saturated rings. The number of nitrogens with zero attached hydrogens (tertiary/aromatic N) is 2. The fourth-order valence-corrected chi connectivity index (χ4v) is 7.44. The van der Waals surface area contributed by atoms with Crippen LogP contribution in [0, 0.1) is 0 Å². The molecule has 0 spiro atoms. The van der Waals surface area contributed by atoms with Gasteiger partial charge in [0, 0.05) is 35.7 Å². The summed E-state index contributed by atoms with van der Waals surface area (Å²) in [5, 5.41) is 3.13. The molecule has 9 heteroatoms. The number of rotatable bonds is 5. The lowest BCUT2D eigenvalue weighted by molar-refractivity contribution is -0.124. The Bertz CT molecular complexity index is 954. The molecule has 1 saturated heterocycles. The molecule has 0 unspecified atom stereocenters. The first-order chi connectivity index (χ1) is 15.3. The summed E-state index contributed by atoms with van der Waals surface area (Å²) in [7, 11) is -3.63. The van der Waals surface area contributed by atoms with Gasteiger partial charge in [-0.1, -0.05) is 32.6 Å². The van der Waals surface area contributed by atoms with Crippen LogP contribution in [-0.4, -0.2) is 55.5 Å². The van der Waals surface area contributed by atoms with E-state index in [0.29, 0.717) is 25.2 Å². The van der Waals surface area contributed by atoms with Crippen LogP contribution in [0.5, 0.6) is 0 Å². The van der Waals surface area contributed by atoms with Gasteiger partial charge in [-0.15, -0.1) is 11.8 Å². The van der Waals surface area contributed by atoms with E-state index in [0.717, 1.165) is 49.8 Å². The van der Waals surface area contributed by atoms with E-state index in [1.54, 1.807) is 30.0 Å². The van der Waals surface area contributed by atoms with Crippen LogP contribution in [0.1, 0.15) is 64.7 Å². The molecule has 2 heterocycles. The van der Waals surface area contributed by atoms with Gasteiger partial charge in [0.15, 0.2) is 0 Å². The van der Waals surface area contributed by atoms with E-state index in [1.807, 2.05) is 6.92 Å². The van der Waals surface area contributed by atoms with E-state index in [1.165, 1.54) is 15.6 Å². The van der Waals surface area contributed by atoms with Crippen molar-refractivity contribution in [3.63, 3.8) is 0 Å². The predicted octanol–water partition coefficient (Wildman–Crippen LogP) is 3.53. The Hall–Kier alpha value is -1.58. The first-order valence-electron chi connectivity index (χ1n) is 11.7. The Morgan fingerprint density at radius 3 is 2.50 bits per heavy atom. The number of sulfonamides is 1. The minimum atomic E-state index is -3.63. The zero-order valence-corrected chi connectivity index (χ0v) is 20.3. The second kappa shape index (κ2) is 10.1. The minimum absolute atomic E-state index is 0.0530. The lowest BCUT2D eigenvalue weighted by Gasteiger charge is -2.28. The molecule has 176 valence electrons. The van der Waals surface area contributed by atoms with Crippen LogP contribution in [0.4, 0.5) is 5.69 Å². The lowest BCUT2D eigenvalue weighted by Crippen LogP contribution is -2.45. The molecule has 32 heavy (non-hydrogen) atoms. The molecule has 0 aromatic heterocycles. The maximum absolute atomic E-state index is 13.2. The average molecular weight is 480 g/mol. The molecule has 3 aliphatic rings. The Kier molecular flexibility index (Phi) is 7.47. The molecule has 7 nitrogen and oxygen atoms in total. The monoisotopic (exact) mass is 479 g/mol. The summed E-state index contributed by atoms with van der Waals surface area (Å²) in [6.07, 6.45) is 8.46. The summed E-state index contributed by atoms with van der Waals surface area (Å²) in [6, 6.07) is 5.18. The van der Waals surface area contributed by atoms with Gasteiger partial charge in [-0.2, -0.15) is 4.31 Å². The van der Waals surface area contributed by atoms with Crippen molar-refractivity contribution in [2.75, 3.05) is 24.5 Å².